The Kier molecular flexibility index (Phi) is 4.56. The molecule has 1 saturated carbocycles. The van der Waals surface area contributed by atoms with Crippen LogP contribution in [-0.4, -0.2) is 18.8 Å². The standard InChI is InChI=1S/C13H22N2OS/c1-16-13(6-2-7-13)9-12(15-14)4-3-11-5-8-17-10-11/h5,8,10,12,15H,2-4,6-7,9,14H2,1H3. The molecule has 1 unspecified atom stereocenters. The van der Waals surface area contributed by atoms with Gasteiger partial charge in [-0.05, 0) is 60.9 Å². The molecule has 0 aromatic carbocycles. The van der Waals surface area contributed by atoms with Gasteiger partial charge >= 0.3 is 0 Å². The number of nitrogens with two attached hydrogens (primary N) is 1. The minimum atomic E-state index is 0.103. The molecule has 1 aliphatic carbocycles. The molecular formula is C13H22N2OS. The number of methoxy groups -OCH3 is 1. The number of ether oxygens (including phenoxy) is 1. The van der Waals surface area contributed by atoms with Crippen LogP contribution in [0.2, 0.25) is 0 Å². The molecule has 3 N–H and O–H groups in total. The number of hydrogen-bond acceptors (Lipinski definition) is 4. The van der Waals surface area contributed by atoms with Gasteiger partial charge in [-0.25, -0.2) is 0 Å². The van der Waals surface area contributed by atoms with E-state index in [1.165, 1.54) is 24.8 Å². The molecule has 0 spiro atoms. The number of nitrogens with one attached hydrogen (secondary N) is 1. The number of rotatable bonds is 7. The highest BCUT2D eigenvalue weighted by Gasteiger charge is 2.38. The molecule has 0 saturated heterocycles. The molecule has 1 atom stereocenters. The largest absolute Gasteiger partial charge is 0.378 e. The van der Waals surface area contributed by atoms with Crippen LogP contribution in [0.4, 0.5) is 0 Å². The predicted octanol–water partition coefficient (Wildman–Crippen LogP) is 2.47. The molecule has 2 rings (SSSR count). The van der Waals surface area contributed by atoms with Gasteiger partial charge in [0.05, 0.1) is 5.60 Å². The Morgan fingerprint density at radius 1 is 1.59 bits per heavy atom. The lowest BCUT2D eigenvalue weighted by molar-refractivity contribution is -0.0838. The fourth-order valence-corrected chi connectivity index (χ4v) is 3.24. The second-order valence-electron chi connectivity index (χ2n) is 4.98. The van der Waals surface area contributed by atoms with Crippen LogP contribution < -0.4 is 11.3 Å². The summed E-state index contributed by atoms with van der Waals surface area (Å²) in [4.78, 5) is 0. The van der Waals surface area contributed by atoms with Gasteiger partial charge in [0.15, 0.2) is 0 Å². The van der Waals surface area contributed by atoms with Crippen LogP contribution in [0.1, 0.15) is 37.7 Å². The summed E-state index contributed by atoms with van der Waals surface area (Å²) in [6.45, 7) is 0. The van der Waals surface area contributed by atoms with E-state index in [2.05, 4.69) is 22.3 Å². The van der Waals surface area contributed by atoms with Crippen LogP contribution in [0.5, 0.6) is 0 Å². The van der Waals surface area contributed by atoms with Crippen LogP contribution >= 0.6 is 11.3 Å². The second kappa shape index (κ2) is 5.96. The van der Waals surface area contributed by atoms with Crippen molar-refractivity contribution in [1.82, 2.24) is 5.43 Å². The molecule has 96 valence electrons. The van der Waals surface area contributed by atoms with Crippen molar-refractivity contribution in [3.63, 3.8) is 0 Å². The van der Waals surface area contributed by atoms with E-state index in [1.807, 2.05) is 7.11 Å². The molecule has 0 aliphatic heterocycles. The Labute approximate surface area is 107 Å². The fourth-order valence-electron chi connectivity index (χ4n) is 2.53. The van der Waals surface area contributed by atoms with E-state index >= 15 is 0 Å². The minimum Gasteiger partial charge on any atom is -0.378 e. The SMILES string of the molecule is COC1(CC(CCc2ccsc2)NN)CCC1. The van der Waals surface area contributed by atoms with Gasteiger partial charge in [0.1, 0.15) is 0 Å². The van der Waals surface area contributed by atoms with Gasteiger partial charge in [-0.2, -0.15) is 11.3 Å². The van der Waals surface area contributed by atoms with Crippen molar-refractivity contribution < 1.29 is 4.74 Å². The average molecular weight is 254 g/mol. The molecule has 1 fully saturated rings. The quantitative estimate of drug-likeness (QED) is 0.580. The molecule has 0 radical (unpaired) electrons. The summed E-state index contributed by atoms with van der Waals surface area (Å²) < 4.78 is 5.65. The number of hydrazine groups is 1. The fraction of sp³-hybridized carbons (Fsp3) is 0.692. The van der Waals surface area contributed by atoms with E-state index in [0.717, 1.165) is 19.3 Å². The van der Waals surface area contributed by atoms with Gasteiger partial charge < -0.3 is 4.74 Å². The Morgan fingerprint density at radius 3 is 2.88 bits per heavy atom. The average Bonchev–Trinajstić information content (AvgIpc) is 2.80. The summed E-state index contributed by atoms with van der Waals surface area (Å²) >= 11 is 1.76. The summed E-state index contributed by atoms with van der Waals surface area (Å²) in [6, 6.07) is 2.54. The van der Waals surface area contributed by atoms with Gasteiger partial charge in [0.25, 0.3) is 0 Å². The third-order valence-corrected chi connectivity index (χ3v) is 4.65. The van der Waals surface area contributed by atoms with Crippen molar-refractivity contribution in [3.05, 3.63) is 22.4 Å². The maximum absolute atomic E-state index is 5.65. The second-order valence-corrected chi connectivity index (χ2v) is 5.76. The zero-order valence-corrected chi connectivity index (χ0v) is 11.3. The monoisotopic (exact) mass is 254 g/mol. The molecule has 0 bridgehead atoms. The summed E-state index contributed by atoms with van der Waals surface area (Å²) in [7, 11) is 1.83. The van der Waals surface area contributed by atoms with E-state index in [-0.39, 0.29) is 5.60 Å². The van der Waals surface area contributed by atoms with Crippen molar-refractivity contribution in [2.75, 3.05) is 7.11 Å². The topological polar surface area (TPSA) is 47.3 Å². The van der Waals surface area contributed by atoms with E-state index in [1.54, 1.807) is 11.3 Å². The molecule has 17 heavy (non-hydrogen) atoms. The first-order chi connectivity index (χ1) is 8.28. The highest BCUT2D eigenvalue weighted by Crippen LogP contribution is 2.39. The molecule has 0 amide bonds. The van der Waals surface area contributed by atoms with Crippen LogP contribution in [0.25, 0.3) is 0 Å². The van der Waals surface area contributed by atoms with E-state index in [9.17, 15) is 0 Å². The number of aryl methyl sites for hydroxylation is 1. The summed E-state index contributed by atoms with van der Waals surface area (Å²) in [5, 5.41) is 4.34. The van der Waals surface area contributed by atoms with E-state index in [0.29, 0.717) is 6.04 Å². The first-order valence-electron chi connectivity index (χ1n) is 6.30. The van der Waals surface area contributed by atoms with Crippen molar-refractivity contribution >= 4 is 11.3 Å². The van der Waals surface area contributed by atoms with Crippen molar-refractivity contribution in [1.29, 1.82) is 0 Å². The van der Waals surface area contributed by atoms with Gasteiger partial charge in [0, 0.05) is 13.2 Å². The Bertz CT molecular complexity index is 317. The molecule has 1 heterocycles. The normalized spacial score (nSPS) is 19.9. The third-order valence-electron chi connectivity index (χ3n) is 3.91. The highest BCUT2D eigenvalue weighted by molar-refractivity contribution is 7.07. The summed E-state index contributed by atoms with van der Waals surface area (Å²) in [6.07, 6.45) is 6.86. The van der Waals surface area contributed by atoms with Crippen LogP contribution in [0.3, 0.4) is 0 Å². The van der Waals surface area contributed by atoms with E-state index < -0.39 is 0 Å². The molecule has 1 aromatic rings. The van der Waals surface area contributed by atoms with Crippen molar-refractivity contribution in [3.8, 4) is 0 Å². The molecule has 1 aromatic heterocycles. The van der Waals surface area contributed by atoms with Gasteiger partial charge in [-0.1, -0.05) is 0 Å². The zero-order valence-electron chi connectivity index (χ0n) is 10.4. The lowest BCUT2D eigenvalue weighted by Gasteiger charge is -2.42. The number of thiophene rings is 1. The van der Waals surface area contributed by atoms with Gasteiger partial charge in [-0.3, -0.25) is 11.3 Å². The summed E-state index contributed by atoms with van der Waals surface area (Å²) in [5.41, 5.74) is 4.46. The van der Waals surface area contributed by atoms with Gasteiger partial charge in [-0.15, -0.1) is 0 Å². The smallest absolute Gasteiger partial charge is 0.0694 e. The zero-order chi connectivity index (χ0) is 12.1. The van der Waals surface area contributed by atoms with Crippen LogP contribution in [-0.2, 0) is 11.2 Å². The van der Waals surface area contributed by atoms with Crippen LogP contribution in [0.15, 0.2) is 16.8 Å². The lowest BCUT2D eigenvalue weighted by atomic mass is 9.75. The maximum atomic E-state index is 5.65. The third kappa shape index (κ3) is 3.28. The first kappa shape index (κ1) is 13.0. The Morgan fingerprint density at radius 2 is 2.41 bits per heavy atom. The number of hydrogen-bond donors (Lipinski definition) is 2. The van der Waals surface area contributed by atoms with Gasteiger partial charge in [0.2, 0.25) is 0 Å². The highest BCUT2D eigenvalue weighted by atomic mass is 32.1. The van der Waals surface area contributed by atoms with E-state index in [4.69, 9.17) is 10.6 Å². The first-order valence-corrected chi connectivity index (χ1v) is 7.25. The van der Waals surface area contributed by atoms with Crippen LogP contribution in [0, 0.1) is 0 Å². The molecule has 4 heteroatoms. The minimum absolute atomic E-state index is 0.103. The van der Waals surface area contributed by atoms with Crippen molar-refractivity contribution in [2.45, 2.75) is 50.2 Å². The Balaban J connectivity index is 1.80. The van der Waals surface area contributed by atoms with Crippen molar-refractivity contribution in [2.24, 2.45) is 5.84 Å². The molecule has 1 aliphatic rings. The Hall–Kier alpha value is -0.420. The predicted molar refractivity (Wildman–Crippen MR) is 72.0 cm³/mol. The summed E-state index contributed by atoms with van der Waals surface area (Å²) in [5.74, 6) is 5.65. The maximum Gasteiger partial charge on any atom is 0.0694 e. The molecular weight excluding hydrogens is 232 g/mol. The lowest BCUT2D eigenvalue weighted by Crippen LogP contribution is -2.47. The molecule has 3 nitrogen and oxygen atoms in total.